The molecule has 3 nitrogen and oxygen atoms in total. The van der Waals surface area contributed by atoms with Crippen LogP contribution in [0.15, 0.2) is 52.0 Å². The molecule has 1 aromatic carbocycles. The molecule has 0 amide bonds. The van der Waals surface area contributed by atoms with E-state index < -0.39 is 18.4 Å². The van der Waals surface area contributed by atoms with Gasteiger partial charge in [0.25, 0.3) is 0 Å². The Kier molecular flexibility index (Phi) is 7.82. The summed E-state index contributed by atoms with van der Waals surface area (Å²) in [7, 11) is -0.264. The Morgan fingerprint density at radius 3 is 2.19 bits per heavy atom. The summed E-state index contributed by atoms with van der Waals surface area (Å²) >= 11 is -2.27. The van der Waals surface area contributed by atoms with Crippen LogP contribution in [0.5, 0.6) is 0 Å². The van der Waals surface area contributed by atoms with Gasteiger partial charge in [0.2, 0.25) is 0 Å². The van der Waals surface area contributed by atoms with Gasteiger partial charge in [0, 0.05) is 0 Å². The molecule has 1 aliphatic heterocycles. The van der Waals surface area contributed by atoms with Crippen LogP contribution in [0.3, 0.4) is 0 Å². The molecule has 0 radical (unpaired) electrons. The van der Waals surface area contributed by atoms with Gasteiger partial charge in [-0.1, -0.05) is 0 Å². The van der Waals surface area contributed by atoms with Crippen molar-refractivity contribution in [3.8, 4) is 0 Å². The van der Waals surface area contributed by atoms with Gasteiger partial charge < -0.3 is 0 Å². The summed E-state index contributed by atoms with van der Waals surface area (Å²) in [4.78, 5) is 7.26. The van der Waals surface area contributed by atoms with Crippen molar-refractivity contribution in [1.82, 2.24) is 0 Å². The molecule has 0 aromatic heterocycles. The van der Waals surface area contributed by atoms with E-state index in [1.54, 1.807) is 0 Å². The molecule has 0 saturated carbocycles. The van der Waals surface area contributed by atoms with Gasteiger partial charge >= 0.3 is 171 Å². The van der Waals surface area contributed by atoms with Crippen LogP contribution >= 0.6 is 0 Å². The third-order valence-corrected chi connectivity index (χ3v) is 11.2. The van der Waals surface area contributed by atoms with Gasteiger partial charge in [-0.25, -0.2) is 0 Å². The fourth-order valence-electron chi connectivity index (χ4n) is 2.78. The van der Waals surface area contributed by atoms with Gasteiger partial charge in [-0.2, -0.15) is 0 Å². The Morgan fingerprint density at radius 1 is 1.04 bits per heavy atom. The van der Waals surface area contributed by atoms with Gasteiger partial charge in [0.05, 0.1) is 0 Å². The van der Waals surface area contributed by atoms with E-state index in [-0.39, 0.29) is 18.3 Å². The second-order valence-electron chi connectivity index (χ2n) is 9.23. The van der Waals surface area contributed by atoms with Crippen LogP contribution in [0.25, 0.3) is 0 Å². The van der Waals surface area contributed by atoms with Crippen molar-refractivity contribution in [2.45, 2.75) is 66.7 Å². The van der Waals surface area contributed by atoms with Crippen molar-refractivity contribution in [3.05, 3.63) is 57.6 Å². The SMILES string of the molecule is CC1(C)OB(/C=[C](/C=C/CCOCc2ccccc2)[Sn]([CH3])([CH3])[CH3])OC1(C)C. The summed E-state index contributed by atoms with van der Waals surface area (Å²) in [6.45, 7) is 9.79. The molecule has 27 heavy (non-hydrogen) atoms. The predicted molar refractivity (Wildman–Crippen MR) is 117 cm³/mol. The average Bonchev–Trinajstić information content (AvgIpc) is 2.76. The van der Waals surface area contributed by atoms with E-state index in [1.165, 1.54) is 9.15 Å². The van der Waals surface area contributed by atoms with Crippen LogP contribution in [0.4, 0.5) is 0 Å². The van der Waals surface area contributed by atoms with E-state index in [2.05, 4.69) is 72.8 Å². The van der Waals surface area contributed by atoms with Crippen LogP contribution in [-0.4, -0.2) is 43.3 Å². The van der Waals surface area contributed by atoms with Crippen molar-refractivity contribution in [1.29, 1.82) is 0 Å². The number of allylic oxidation sites excluding steroid dienone is 2. The number of ether oxygens (including phenoxy) is 1. The van der Waals surface area contributed by atoms with Crippen LogP contribution in [0.2, 0.25) is 14.8 Å². The fourth-order valence-corrected chi connectivity index (χ4v) is 6.36. The first-order valence-electron chi connectivity index (χ1n) is 9.87. The number of rotatable bonds is 8. The van der Waals surface area contributed by atoms with E-state index in [4.69, 9.17) is 14.0 Å². The van der Waals surface area contributed by atoms with Gasteiger partial charge in [-0.3, -0.25) is 0 Å². The molecular formula is C22H35BO3Sn. The van der Waals surface area contributed by atoms with Crippen LogP contribution in [0.1, 0.15) is 39.7 Å². The van der Waals surface area contributed by atoms with Crippen molar-refractivity contribution in [2.75, 3.05) is 6.61 Å². The standard InChI is InChI=1S/C19H26BO3.3CH3.Sn/c1-18(2)19(3,4)23-20(22-18)14-10-5-6-11-15-21-16-17-12-8-7-9-13-17;;;;/h5-9,12-14H,11,15-16H2,1-4H3;3*1H3;/b6-5+,14-10?;;;;. The minimum atomic E-state index is -2.27. The van der Waals surface area contributed by atoms with Gasteiger partial charge in [0.15, 0.2) is 0 Å². The van der Waals surface area contributed by atoms with Crippen molar-refractivity contribution >= 4 is 25.5 Å². The molecule has 1 aromatic rings. The summed E-state index contributed by atoms with van der Waals surface area (Å²) in [5.41, 5.74) is 0.636. The van der Waals surface area contributed by atoms with E-state index in [1.807, 2.05) is 18.2 Å². The first-order chi connectivity index (χ1) is 12.5. The molecule has 0 unspecified atom stereocenters. The van der Waals surface area contributed by atoms with E-state index >= 15 is 0 Å². The molecule has 2 rings (SSSR count). The van der Waals surface area contributed by atoms with Crippen molar-refractivity contribution < 1.29 is 14.0 Å². The molecule has 1 saturated heterocycles. The minimum absolute atomic E-state index is 0.264. The Morgan fingerprint density at radius 2 is 1.63 bits per heavy atom. The normalized spacial score (nSPS) is 19.8. The Labute approximate surface area is 170 Å². The Balaban J connectivity index is 1.90. The van der Waals surface area contributed by atoms with Gasteiger partial charge in [0.1, 0.15) is 0 Å². The molecule has 148 valence electrons. The van der Waals surface area contributed by atoms with Crippen LogP contribution < -0.4 is 0 Å². The third kappa shape index (κ3) is 6.77. The molecule has 5 heteroatoms. The molecule has 0 bridgehead atoms. The molecule has 1 aliphatic rings. The first-order valence-corrected chi connectivity index (χ1v) is 19.9. The zero-order valence-corrected chi connectivity index (χ0v) is 20.9. The van der Waals surface area contributed by atoms with E-state index in [0.29, 0.717) is 6.61 Å². The summed E-state index contributed by atoms with van der Waals surface area (Å²) in [6, 6.07) is 10.3. The maximum absolute atomic E-state index is 6.16. The fraction of sp³-hybridized carbons (Fsp3) is 0.545. The quantitative estimate of drug-likeness (QED) is 0.278. The topological polar surface area (TPSA) is 27.7 Å². The molecular weight excluding hydrogens is 442 g/mol. The Hall–Kier alpha value is -0.556. The predicted octanol–water partition coefficient (Wildman–Crippen LogP) is 5.58. The molecule has 1 heterocycles. The molecule has 0 N–H and O–H groups in total. The summed E-state index contributed by atoms with van der Waals surface area (Å²) in [5, 5.41) is 0. The second kappa shape index (κ2) is 9.29. The summed E-state index contributed by atoms with van der Waals surface area (Å²) < 4.78 is 19.5. The first kappa shape index (κ1) is 22.7. The van der Waals surface area contributed by atoms with E-state index in [9.17, 15) is 0 Å². The number of benzene rings is 1. The van der Waals surface area contributed by atoms with E-state index in [0.717, 1.165) is 13.0 Å². The molecule has 0 spiro atoms. The third-order valence-electron chi connectivity index (χ3n) is 5.29. The average molecular weight is 477 g/mol. The van der Waals surface area contributed by atoms with Crippen molar-refractivity contribution in [2.24, 2.45) is 0 Å². The summed E-state index contributed by atoms with van der Waals surface area (Å²) in [6.07, 6.45) is 5.41. The van der Waals surface area contributed by atoms with Crippen LogP contribution in [-0.2, 0) is 20.7 Å². The molecule has 0 aliphatic carbocycles. The second-order valence-corrected chi connectivity index (χ2v) is 23.7. The zero-order valence-electron chi connectivity index (χ0n) is 18.0. The van der Waals surface area contributed by atoms with Gasteiger partial charge in [-0.15, -0.1) is 0 Å². The molecule has 0 atom stereocenters. The summed E-state index contributed by atoms with van der Waals surface area (Å²) in [5.74, 6) is 2.20. The number of hydrogen-bond acceptors (Lipinski definition) is 3. The Bertz CT molecular complexity index is 644. The monoisotopic (exact) mass is 478 g/mol. The van der Waals surface area contributed by atoms with Crippen molar-refractivity contribution in [3.63, 3.8) is 0 Å². The maximum atomic E-state index is 6.16. The van der Waals surface area contributed by atoms with Gasteiger partial charge in [-0.05, 0) is 0 Å². The zero-order chi connectivity index (χ0) is 20.1. The molecule has 1 fully saturated rings. The number of hydrogen-bond donors (Lipinski definition) is 0. The van der Waals surface area contributed by atoms with Crippen LogP contribution in [0, 0.1) is 0 Å².